The van der Waals surface area contributed by atoms with Crippen molar-refractivity contribution < 1.29 is 4.79 Å². The Hall–Kier alpha value is -1.58. The summed E-state index contributed by atoms with van der Waals surface area (Å²) in [5.41, 5.74) is 1.28. The maximum atomic E-state index is 12.4. The summed E-state index contributed by atoms with van der Waals surface area (Å²) in [6.07, 6.45) is 2.24. The van der Waals surface area contributed by atoms with Crippen LogP contribution >= 0.6 is 23.2 Å². The highest BCUT2D eigenvalue weighted by atomic mass is 35.5. The molecule has 1 aliphatic carbocycles. The van der Waals surface area contributed by atoms with E-state index < -0.39 is 0 Å². The number of hydrogen-bond donors (Lipinski definition) is 1. The molecule has 1 saturated carbocycles. The molecule has 2 aromatic rings. The monoisotopic (exact) mass is 320 g/mol. The van der Waals surface area contributed by atoms with Gasteiger partial charge in [0, 0.05) is 0 Å². The number of halogens is 2. The van der Waals surface area contributed by atoms with E-state index in [9.17, 15) is 4.79 Å². The topological polar surface area (TPSA) is 42.0 Å². The van der Waals surface area contributed by atoms with Crippen LogP contribution < -0.4 is 5.32 Å². The fraction of sp³-hybridized carbons (Fsp3) is 0.250. The Morgan fingerprint density at radius 2 is 1.86 bits per heavy atom. The second-order valence-corrected chi connectivity index (χ2v) is 5.96. The molecular formula is C16H14Cl2N2O. The first-order valence-corrected chi connectivity index (χ1v) is 7.58. The zero-order chi connectivity index (χ0) is 14.8. The van der Waals surface area contributed by atoms with Crippen LogP contribution in [0, 0.1) is 5.92 Å². The molecule has 3 nitrogen and oxygen atoms in total. The van der Waals surface area contributed by atoms with Gasteiger partial charge in [-0.05, 0) is 36.5 Å². The lowest BCUT2D eigenvalue weighted by Crippen LogP contribution is -2.30. The second kappa shape index (κ2) is 6.04. The van der Waals surface area contributed by atoms with Crippen LogP contribution in [-0.4, -0.2) is 10.9 Å². The molecule has 3 rings (SSSR count). The van der Waals surface area contributed by atoms with E-state index in [4.69, 9.17) is 23.2 Å². The van der Waals surface area contributed by atoms with Gasteiger partial charge in [-0.1, -0.05) is 53.5 Å². The number of aromatic nitrogens is 1. The van der Waals surface area contributed by atoms with Gasteiger partial charge in [-0.2, -0.15) is 0 Å². The van der Waals surface area contributed by atoms with Gasteiger partial charge in [-0.3, -0.25) is 4.79 Å². The number of nitrogens with zero attached hydrogens (tertiary/aromatic N) is 1. The molecule has 108 valence electrons. The van der Waals surface area contributed by atoms with E-state index in [0.29, 0.717) is 10.9 Å². The minimum atomic E-state index is -0.289. The molecule has 1 heterocycles. The molecule has 1 atom stereocenters. The number of benzene rings is 1. The van der Waals surface area contributed by atoms with Crippen LogP contribution in [0.4, 0.5) is 0 Å². The van der Waals surface area contributed by atoms with Crippen molar-refractivity contribution >= 4 is 29.1 Å². The molecule has 1 aliphatic rings. The molecule has 1 amide bonds. The summed E-state index contributed by atoms with van der Waals surface area (Å²) in [6.45, 7) is 0. The van der Waals surface area contributed by atoms with Crippen molar-refractivity contribution in [2.45, 2.75) is 18.9 Å². The predicted octanol–water partition coefficient (Wildman–Crippen LogP) is 4.27. The summed E-state index contributed by atoms with van der Waals surface area (Å²) in [7, 11) is 0. The van der Waals surface area contributed by atoms with Crippen LogP contribution in [0.1, 0.15) is 34.9 Å². The van der Waals surface area contributed by atoms with E-state index in [2.05, 4.69) is 10.3 Å². The van der Waals surface area contributed by atoms with Gasteiger partial charge in [0.05, 0.1) is 11.1 Å². The first-order chi connectivity index (χ1) is 10.1. The largest absolute Gasteiger partial charge is 0.344 e. The summed E-state index contributed by atoms with van der Waals surface area (Å²) < 4.78 is 0. The highest BCUT2D eigenvalue weighted by molar-refractivity contribution is 6.34. The zero-order valence-electron chi connectivity index (χ0n) is 11.2. The van der Waals surface area contributed by atoms with Crippen LogP contribution in [0.3, 0.4) is 0 Å². The maximum Gasteiger partial charge on any atom is 0.271 e. The summed E-state index contributed by atoms with van der Waals surface area (Å²) in [4.78, 5) is 16.4. The van der Waals surface area contributed by atoms with Gasteiger partial charge in [0.2, 0.25) is 0 Å². The average molecular weight is 321 g/mol. The number of pyridine rings is 1. The maximum absolute atomic E-state index is 12.4. The van der Waals surface area contributed by atoms with Crippen LogP contribution in [-0.2, 0) is 0 Å². The smallest absolute Gasteiger partial charge is 0.271 e. The minimum Gasteiger partial charge on any atom is -0.344 e. The van der Waals surface area contributed by atoms with Gasteiger partial charge in [0.25, 0.3) is 5.91 Å². The molecule has 0 aliphatic heterocycles. The second-order valence-electron chi connectivity index (χ2n) is 5.16. The number of amides is 1. The number of rotatable bonds is 4. The Balaban J connectivity index is 1.83. The van der Waals surface area contributed by atoms with E-state index >= 15 is 0 Å². The van der Waals surface area contributed by atoms with Crippen LogP contribution in [0.15, 0.2) is 42.5 Å². The molecule has 1 aromatic heterocycles. The third-order valence-corrected chi connectivity index (χ3v) is 4.08. The normalized spacial score (nSPS) is 15.5. The lowest BCUT2D eigenvalue weighted by Gasteiger charge is -2.19. The molecule has 5 heteroatoms. The Bertz CT molecular complexity index is 657. The average Bonchev–Trinajstić information content (AvgIpc) is 3.32. The standard InChI is InChI=1S/C16H14Cl2N2O/c17-12-8-9-13(18)19-15(12)16(21)20-14(11-6-7-11)10-4-2-1-3-5-10/h1-5,8-9,11,14H,6-7H2,(H,20,21). The van der Waals surface area contributed by atoms with Crippen LogP contribution in [0.2, 0.25) is 10.2 Å². The van der Waals surface area contributed by atoms with Gasteiger partial charge in [0.1, 0.15) is 10.8 Å². The molecule has 1 fully saturated rings. The summed E-state index contributed by atoms with van der Waals surface area (Å²) in [5.74, 6) is 0.192. The van der Waals surface area contributed by atoms with Crippen molar-refractivity contribution in [3.8, 4) is 0 Å². The van der Waals surface area contributed by atoms with Crippen molar-refractivity contribution in [2.75, 3.05) is 0 Å². The summed E-state index contributed by atoms with van der Waals surface area (Å²) in [5, 5.41) is 3.60. The van der Waals surface area contributed by atoms with Gasteiger partial charge >= 0.3 is 0 Å². The van der Waals surface area contributed by atoms with Gasteiger partial charge in [-0.15, -0.1) is 0 Å². The van der Waals surface area contributed by atoms with E-state index in [-0.39, 0.29) is 22.8 Å². The van der Waals surface area contributed by atoms with Gasteiger partial charge in [-0.25, -0.2) is 4.98 Å². The summed E-state index contributed by atoms with van der Waals surface area (Å²) in [6, 6.07) is 13.1. The predicted molar refractivity (Wildman–Crippen MR) is 83.6 cm³/mol. The first kappa shape index (κ1) is 14.4. The quantitative estimate of drug-likeness (QED) is 0.855. The van der Waals surface area contributed by atoms with Gasteiger partial charge < -0.3 is 5.32 Å². The Labute approximate surface area is 133 Å². The first-order valence-electron chi connectivity index (χ1n) is 6.83. The number of carbonyl (C=O) groups is 1. The van der Waals surface area contributed by atoms with E-state index in [1.54, 1.807) is 12.1 Å². The fourth-order valence-electron chi connectivity index (χ4n) is 2.35. The highest BCUT2D eigenvalue weighted by Gasteiger charge is 2.34. The lowest BCUT2D eigenvalue weighted by molar-refractivity contribution is 0.0927. The van der Waals surface area contributed by atoms with E-state index in [0.717, 1.165) is 18.4 Å². The number of carbonyl (C=O) groups excluding carboxylic acids is 1. The van der Waals surface area contributed by atoms with Crippen molar-refractivity contribution in [1.29, 1.82) is 0 Å². The van der Waals surface area contributed by atoms with Crippen LogP contribution in [0.5, 0.6) is 0 Å². The third kappa shape index (κ3) is 3.36. The van der Waals surface area contributed by atoms with Crippen molar-refractivity contribution in [1.82, 2.24) is 10.3 Å². The fourth-order valence-corrected chi connectivity index (χ4v) is 2.69. The molecule has 0 saturated heterocycles. The van der Waals surface area contributed by atoms with Crippen LogP contribution in [0.25, 0.3) is 0 Å². The molecule has 1 unspecified atom stereocenters. The molecular weight excluding hydrogens is 307 g/mol. The summed E-state index contributed by atoms with van der Waals surface area (Å²) >= 11 is 11.9. The molecule has 21 heavy (non-hydrogen) atoms. The van der Waals surface area contributed by atoms with E-state index in [1.807, 2.05) is 30.3 Å². The molecule has 0 spiro atoms. The Kier molecular flexibility index (Phi) is 4.13. The highest BCUT2D eigenvalue weighted by Crippen LogP contribution is 2.41. The van der Waals surface area contributed by atoms with Crippen molar-refractivity contribution in [3.63, 3.8) is 0 Å². The molecule has 1 N–H and O–H groups in total. The molecule has 0 radical (unpaired) electrons. The minimum absolute atomic E-state index is 0.00412. The zero-order valence-corrected chi connectivity index (χ0v) is 12.7. The molecule has 1 aromatic carbocycles. The van der Waals surface area contributed by atoms with Crippen molar-refractivity contribution in [3.05, 3.63) is 63.9 Å². The SMILES string of the molecule is O=C(NC(c1ccccc1)C1CC1)c1nc(Cl)ccc1Cl. The Morgan fingerprint density at radius 1 is 1.14 bits per heavy atom. The third-order valence-electron chi connectivity index (χ3n) is 3.57. The van der Waals surface area contributed by atoms with Crippen molar-refractivity contribution in [2.24, 2.45) is 5.92 Å². The Morgan fingerprint density at radius 3 is 2.52 bits per heavy atom. The molecule has 0 bridgehead atoms. The lowest BCUT2D eigenvalue weighted by atomic mass is 10.0. The van der Waals surface area contributed by atoms with Gasteiger partial charge in [0.15, 0.2) is 0 Å². The number of hydrogen-bond acceptors (Lipinski definition) is 2. The number of nitrogens with one attached hydrogen (secondary N) is 1. The van der Waals surface area contributed by atoms with E-state index in [1.165, 1.54) is 0 Å².